The van der Waals surface area contributed by atoms with Crippen LogP contribution in [-0.4, -0.2) is 21.1 Å². The quantitative estimate of drug-likeness (QED) is 0.929. The number of nitrogens with one attached hydrogen (secondary N) is 1. The molecule has 1 aliphatic carbocycles. The summed E-state index contributed by atoms with van der Waals surface area (Å²) in [4.78, 5) is 0. The molecule has 1 saturated carbocycles. The third-order valence-electron chi connectivity index (χ3n) is 4.49. The van der Waals surface area contributed by atoms with Crippen LogP contribution in [0, 0.1) is 11.8 Å². The Hall–Kier alpha value is -1.42. The maximum atomic E-state index is 4.32. The van der Waals surface area contributed by atoms with Crippen molar-refractivity contribution < 1.29 is 0 Å². The van der Waals surface area contributed by atoms with E-state index in [9.17, 15) is 0 Å². The average molecular weight is 272 g/mol. The van der Waals surface area contributed by atoms with Gasteiger partial charge in [-0.05, 0) is 50.3 Å². The van der Waals surface area contributed by atoms with Crippen LogP contribution >= 0.6 is 0 Å². The van der Waals surface area contributed by atoms with E-state index in [0.717, 1.165) is 29.9 Å². The summed E-state index contributed by atoms with van der Waals surface area (Å²) in [6, 6.07) is 6.25. The minimum absolute atomic E-state index is 0.240. The summed E-state index contributed by atoms with van der Waals surface area (Å²) < 4.78 is 2.07. The van der Waals surface area contributed by atoms with E-state index in [1.54, 1.807) is 0 Å². The van der Waals surface area contributed by atoms with E-state index < -0.39 is 0 Å². The van der Waals surface area contributed by atoms with Gasteiger partial charge in [0, 0.05) is 6.20 Å². The highest BCUT2D eigenvalue weighted by molar-refractivity contribution is 5.37. The molecule has 4 nitrogen and oxygen atoms in total. The van der Waals surface area contributed by atoms with Crippen molar-refractivity contribution in [1.29, 1.82) is 0 Å². The first kappa shape index (κ1) is 13.6. The van der Waals surface area contributed by atoms with Gasteiger partial charge in [0.2, 0.25) is 0 Å². The summed E-state index contributed by atoms with van der Waals surface area (Å²) in [5.74, 6) is 2.71. The number of nitrogens with zero attached hydrogens (tertiary/aromatic N) is 3. The molecule has 1 aliphatic rings. The van der Waals surface area contributed by atoms with Crippen LogP contribution in [0.2, 0.25) is 0 Å². The Kier molecular flexibility index (Phi) is 4.01. The van der Waals surface area contributed by atoms with Crippen molar-refractivity contribution in [2.45, 2.75) is 45.6 Å². The molecule has 0 radical (unpaired) electrons. The number of aromatic nitrogens is 3. The molecular formula is C16H24N4. The Balaban J connectivity index is 1.63. The monoisotopic (exact) mass is 272 g/mol. The molecule has 3 atom stereocenters. The third kappa shape index (κ3) is 2.85. The lowest BCUT2D eigenvalue weighted by molar-refractivity contribution is 0.267. The van der Waals surface area contributed by atoms with E-state index in [2.05, 4.69) is 33.8 Å². The summed E-state index contributed by atoms with van der Waals surface area (Å²) in [7, 11) is 0. The van der Waals surface area contributed by atoms with Crippen molar-refractivity contribution in [1.82, 2.24) is 19.9 Å². The lowest BCUT2D eigenvalue weighted by Crippen LogP contribution is -2.29. The fourth-order valence-electron chi connectivity index (χ4n) is 3.34. The maximum absolute atomic E-state index is 4.32. The fourth-order valence-corrected chi connectivity index (χ4v) is 3.34. The molecule has 0 aliphatic heterocycles. The zero-order valence-corrected chi connectivity index (χ0v) is 12.4. The van der Waals surface area contributed by atoms with Crippen LogP contribution in [0.15, 0.2) is 24.4 Å². The molecule has 2 aromatic heterocycles. The molecule has 3 rings (SSSR count). The van der Waals surface area contributed by atoms with Crippen molar-refractivity contribution in [3.8, 4) is 0 Å². The van der Waals surface area contributed by atoms with Gasteiger partial charge in [-0.2, -0.15) is 0 Å². The summed E-state index contributed by atoms with van der Waals surface area (Å²) in [6.45, 7) is 5.64. The number of rotatable bonds is 4. The van der Waals surface area contributed by atoms with Crippen molar-refractivity contribution in [2.24, 2.45) is 11.8 Å². The summed E-state index contributed by atoms with van der Waals surface area (Å²) in [6.07, 6.45) is 7.55. The van der Waals surface area contributed by atoms with E-state index in [1.807, 2.05) is 24.4 Å². The van der Waals surface area contributed by atoms with E-state index >= 15 is 0 Å². The van der Waals surface area contributed by atoms with E-state index in [-0.39, 0.29) is 6.04 Å². The molecule has 1 N–H and O–H groups in total. The molecule has 20 heavy (non-hydrogen) atoms. The average Bonchev–Trinajstić information content (AvgIpc) is 2.89. The first-order chi connectivity index (χ1) is 9.74. The van der Waals surface area contributed by atoms with Gasteiger partial charge in [0.1, 0.15) is 0 Å². The largest absolute Gasteiger partial charge is 0.307 e. The molecule has 4 heteroatoms. The van der Waals surface area contributed by atoms with Gasteiger partial charge >= 0.3 is 0 Å². The van der Waals surface area contributed by atoms with Crippen LogP contribution in [0.25, 0.3) is 5.65 Å². The fraction of sp³-hybridized carbons (Fsp3) is 0.625. The molecule has 0 saturated heterocycles. The van der Waals surface area contributed by atoms with Gasteiger partial charge in [-0.15, -0.1) is 10.2 Å². The van der Waals surface area contributed by atoms with Gasteiger partial charge in [-0.3, -0.25) is 4.40 Å². The molecule has 108 valence electrons. The Morgan fingerprint density at radius 2 is 2.25 bits per heavy atom. The van der Waals surface area contributed by atoms with Crippen LogP contribution in [0.3, 0.4) is 0 Å². The summed E-state index contributed by atoms with van der Waals surface area (Å²) >= 11 is 0. The molecule has 1 fully saturated rings. The SMILES string of the molecule is CC1CCCC(CNC(C)c2nnc3ccccn23)C1. The number of fused-ring (bicyclic) bond motifs is 1. The smallest absolute Gasteiger partial charge is 0.160 e. The lowest BCUT2D eigenvalue weighted by atomic mass is 9.82. The summed E-state index contributed by atoms with van der Waals surface area (Å²) in [5.41, 5.74) is 0.919. The van der Waals surface area contributed by atoms with Crippen molar-refractivity contribution in [2.75, 3.05) is 6.54 Å². The van der Waals surface area contributed by atoms with E-state index in [1.165, 1.54) is 25.7 Å². The first-order valence-corrected chi connectivity index (χ1v) is 7.77. The van der Waals surface area contributed by atoms with Crippen LogP contribution < -0.4 is 5.32 Å². The highest BCUT2D eigenvalue weighted by atomic mass is 15.3. The maximum Gasteiger partial charge on any atom is 0.160 e. The Morgan fingerprint density at radius 1 is 1.35 bits per heavy atom. The predicted molar refractivity (Wildman–Crippen MR) is 80.5 cm³/mol. The molecule has 0 bridgehead atoms. The predicted octanol–water partition coefficient (Wildman–Crippen LogP) is 3.21. The Labute approximate surface area is 120 Å². The zero-order valence-electron chi connectivity index (χ0n) is 12.4. The van der Waals surface area contributed by atoms with Crippen LogP contribution in [-0.2, 0) is 0 Å². The van der Waals surface area contributed by atoms with Crippen LogP contribution in [0.1, 0.15) is 51.4 Å². The molecule has 2 aromatic rings. The van der Waals surface area contributed by atoms with E-state index in [4.69, 9.17) is 0 Å². The second-order valence-electron chi connectivity index (χ2n) is 6.25. The van der Waals surface area contributed by atoms with Gasteiger partial charge in [0.25, 0.3) is 0 Å². The van der Waals surface area contributed by atoms with Gasteiger partial charge in [0.15, 0.2) is 11.5 Å². The molecule has 2 heterocycles. The molecule has 0 amide bonds. The first-order valence-electron chi connectivity index (χ1n) is 7.77. The normalized spacial score (nSPS) is 24.9. The van der Waals surface area contributed by atoms with Crippen molar-refractivity contribution >= 4 is 5.65 Å². The molecular weight excluding hydrogens is 248 g/mol. The second-order valence-corrected chi connectivity index (χ2v) is 6.25. The van der Waals surface area contributed by atoms with E-state index in [0.29, 0.717) is 0 Å². The van der Waals surface area contributed by atoms with Gasteiger partial charge < -0.3 is 5.32 Å². The van der Waals surface area contributed by atoms with Gasteiger partial charge in [0.05, 0.1) is 6.04 Å². The number of hydrogen-bond acceptors (Lipinski definition) is 3. The molecule has 0 spiro atoms. The highest BCUT2D eigenvalue weighted by Gasteiger charge is 2.20. The van der Waals surface area contributed by atoms with Crippen molar-refractivity contribution in [3.05, 3.63) is 30.2 Å². The zero-order chi connectivity index (χ0) is 13.9. The van der Waals surface area contributed by atoms with Crippen LogP contribution in [0.4, 0.5) is 0 Å². The minimum atomic E-state index is 0.240. The second kappa shape index (κ2) is 5.92. The third-order valence-corrected chi connectivity index (χ3v) is 4.49. The standard InChI is InChI=1S/C16H24N4/c1-12-6-5-7-14(10-12)11-17-13(2)16-19-18-15-8-3-4-9-20(15)16/h3-4,8-9,12-14,17H,5-7,10-11H2,1-2H3. The molecule has 0 aromatic carbocycles. The van der Waals surface area contributed by atoms with Gasteiger partial charge in [-0.1, -0.05) is 25.8 Å². The Morgan fingerprint density at radius 3 is 3.10 bits per heavy atom. The lowest BCUT2D eigenvalue weighted by Gasteiger charge is -2.27. The van der Waals surface area contributed by atoms with Gasteiger partial charge in [-0.25, -0.2) is 0 Å². The topological polar surface area (TPSA) is 42.2 Å². The molecule has 3 unspecified atom stereocenters. The number of hydrogen-bond donors (Lipinski definition) is 1. The minimum Gasteiger partial charge on any atom is -0.307 e. The highest BCUT2D eigenvalue weighted by Crippen LogP contribution is 2.28. The summed E-state index contributed by atoms with van der Waals surface area (Å²) in [5, 5.41) is 12.2. The van der Waals surface area contributed by atoms with Crippen LogP contribution in [0.5, 0.6) is 0 Å². The Bertz CT molecular complexity index is 562. The number of pyridine rings is 1. The van der Waals surface area contributed by atoms with Crippen molar-refractivity contribution in [3.63, 3.8) is 0 Å².